The molecule has 0 aromatic heterocycles. The Hall–Kier alpha value is -2.78. The van der Waals surface area contributed by atoms with Gasteiger partial charge in [0.25, 0.3) is 0 Å². The van der Waals surface area contributed by atoms with Crippen LogP contribution in [0, 0.1) is 5.82 Å². The number of amides is 2. The monoisotopic (exact) mass is 431 g/mol. The minimum Gasteiger partial charge on any atom is -0.454 e. The van der Waals surface area contributed by atoms with E-state index < -0.39 is 0 Å². The van der Waals surface area contributed by atoms with Crippen LogP contribution in [0.3, 0.4) is 0 Å². The lowest BCUT2D eigenvalue weighted by atomic mass is 10.1. The summed E-state index contributed by atoms with van der Waals surface area (Å²) in [5.74, 6) is 1.47. The largest absolute Gasteiger partial charge is 0.454 e. The van der Waals surface area contributed by atoms with Gasteiger partial charge in [0.2, 0.25) is 18.6 Å². The first-order valence-electron chi connectivity index (χ1n) is 9.62. The Kier molecular flexibility index (Phi) is 6.39. The van der Waals surface area contributed by atoms with Crippen molar-refractivity contribution in [1.82, 2.24) is 16.0 Å². The average Bonchev–Trinajstić information content (AvgIpc) is 3.19. The van der Waals surface area contributed by atoms with Gasteiger partial charge in [-0.15, -0.1) is 11.8 Å². The van der Waals surface area contributed by atoms with E-state index in [1.807, 2.05) is 18.2 Å². The van der Waals surface area contributed by atoms with Crippen molar-refractivity contribution >= 4 is 23.6 Å². The molecule has 30 heavy (non-hydrogen) atoms. The predicted molar refractivity (Wildman–Crippen MR) is 110 cm³/mol. The molecule has 2 heterocycles. The minimum absolute atomic E-state index is 0.0982. The molecule has 2 unspecified atom stereocenters. The van der Waals surface area contributed by atoms with Crippen LogP contribution in [0.25, 0.3) is 0 Å². The molecule has 7 nitrogen and oxygen atoms in total. The summed E-state index contributed by atoms with van der Waals surface area (Å²) in [5.41, 5.74) is 1.57. The summed E-state index contributed by atoms with van der Waals surface area (Å²) in [6, 6.07) is 11.5. The van der Waals surface area contributed by atoms with Gasteiger partial charge in [0.15, 0.2) is 11.5 Å². The van der Waals surface area contributed by atoms with Crippen LogP contribution < -0.4 is 25.4 Å². The first-order valence-corrected chi connectivity index (χ1v) is 10.7. The van der Waals surface area contributed by atoms with E-state index in [1.165, 1.54) is 23.9 Å². The average molecular weight is 431 g/mol. The molecule has 2 amide bonds. The number of benzene rings is 2. The predicted octanol–water partition coefficient (Wildman–Crippen LogP) is 2.26. The van der Waals surface area contributed by atoms with E-state index in [9.17, 15) is 14.0 Å². The third kappa shape index (κ3) is 5.43. The van der Waals surface area contributed by atoms with Gasteiger partial charge in [-0.05, 0) is 35.4 Å². The van der Waals surface area contributed by atoms with Gasteiger partial charge in [0.1, 0.15) is 11.3 Å². The Morgan fingerprint density at radius 1 is 1.13 bits per heavy atom. The molecule has 4 rings (SSSR count). The zero-order valence-corrected chi connectivity index (χ0v) is 17.0. The number of carbonyl (C=O) groups is 2. The lowest BCUT2D eigenvalue weighted by Crippen LogP contribution is -2.55. The second kappa shape index (κ2) is 9.36. The van der Waals surface area contributed by atoms with Crippen LogP contribution in [0.15, 0.2) is 42.5 Å². The number of fused-ring (bicyclic) bond motifs is 1. The molecule has 0 spiro atoms. The molecular weight excluding hydrogens is 409 g/mol. The van der Waals surface area contributed by atoms with Crippen LogP contribution >= 0.6 is 11.8 Å². The van der Waals surface area contributed by atoms with Gasteiger partial charge in [-0.3, -0.25) is 14.9 Å². The fourth-order valence-corrected chi connectivity index (χ4v) is 4.33. The van der Waals surface area contributed by atoms with Gasteiger partial charge in [0.05, 0.1) is 0 Å². The maximum atomic E-state index is 13.0. The summed E-state index contributed by atoms with van der Waals surface area (Å²) in [6.45, 7) is 0.581. The Balaban J connectivity index is 1.24. The summed E-state index contributed by atoms with van der Waals surface area (Å²) in [6.07, 6.45) is 0.441. The summed E-state index contributed by atoms with van der Waals surface area (Å²) >= 11 is 1.49. The Labute approximate surface area is 177 Å². The van der Waals surface area contributed by atoms with Gasteiger partial charge in [-0.1, -0.05) is 18.2 Å². The first kappa shape index (κ1) is 20.5. The molecule has 3 N–H and O–H groups in total. The highest BCUT2D eigenvalue weighted by molar-refractivity contribution is 7.99. The third-order valence-corrected chi connectivity index (χ3v) is 5.89. The van der Waals surface area contributed by atoms with Crippen LogP contribution in [-0.4, -0.2) is 30.1 Å². The maximum absolute atomic E-state index is 13.0. The topological polar surface area (TPSA) is 88.7 Å². The summed E-state index contributed by atoms with van der Waals surface area (Å²) in [4.78, 5) is 24.4. The molecule has 0 saturated carbocycles. The number of hydrogen-bond acceptors (Lipinski definition) is 6. The Morgan fingerprint density at radius 2 is 1.90 bits per heavy atom. The van der Waals surface area contributed by atoms with Crippen LogP contribution in [0.2, 0.25) is 0 Å². The quantitative estimate of drug-likeness (QED) is 0.623. The van der Waals surface area contributed by atoms with Crippen molar-refractivity contribution in [3.63, 3.8) is 0 Å². The van der Waals surface area contributed by atoms with E-state index in [-0.39, 0.29) is 48.8 Å². The third-order valence-electron chi connectivity index (χ3n) is 4.80. The van der Waals surface area contributed by atoms with Crippen molar-refractivity contribution in [3.05, 3.63) is 59.4 Å². The second-order valence-corrected chi connectivity index (χ2v) is 8.21. The van der Waals surface area contributed by atoms with Crippen molar-refractivity contribution in [3.8, 4) is 11.5 Å². The van der Waals surface area contributed by atoms with Gasteiger partial charge >= 0.3 is 0 Å². The van der Waals surface area contributed by atoms with Crippen molar-refractivity contribution < 1.29 is 23.5 Å². The number of thioether (sulfide) groups is 1. The highest BCUT2D eigenvalue weighted by atomic mass is 32.2. The number of nitrogens with one attached hydrogen (secondary N) is 3. The summed E-state index contributed by atoms with van der Waals surface area (Å²) < 4.78 is 23.6. The summed E-state index contributed by atoms with van der Waals surface area (Å²) in [7, 11) is 0. The summed E-state index contributed by atoms with van der Waals surface area (Å²) in [5, 5.41) is 9.03. The molecule has 1 fully saturated rings. The van der Waals surface area contributed by atoms with E-state index in [4.69, 9.17) is 9.47 Å². The molecule has 2 aromatic rings. The van der Waals surface area contributed by atoms with Crippen LogP contribution in [0.1, 0.15) is 24.0 Å². The SMILES string of the molecule is O=C(CC1CC(=O)NC(SCc2ccc(F)cc2)N1)NCc1ccc2c(c1)OCO2. The van der Waals surface area contributed by atoms with Gasteiger partial charge in [-0.25, -0.2) is 4.39 Å². The van der Waals surface area contributed by atoms with E-state index in [0.29, 0.717) is 23.8 Å². The fourth-order valence-electron chi connectivity index (χ4n) is 3.27. The molecule has 0 radical (unpaired) electrons. The molecule has 158 valence electrons. The lowest BCUT2D eigenvalue weighted by molar-refractivity contribution is -0.125. The minimum atomic E-state index is -0.303. The van der Waals surface area contributed by atoms with E-state index in [2.05, 4.69) is 16.0 Å². The standard InChI is InChI=1S/C21H22FN3O4S/c22-15-4-1-13(2-5-15)11-30-21-24-16(9-20(27)25-21)8-19(26)23-10-14-3-6-17-18(7-14)29-12-28-17/h1-7,16,21,24H,8-12H2,(H,23,26)(H,25,27). The molecule has 0 bridgehead atoms. The van der Waals surface area contributed by atoms with E-state index in [0.717, 1.165) is 11.1 Å². The molecular formula is C21H22FN3O4S. The second-order valence-electron chi connectivity index (χ2n) is 7.12. The molecule has 2 aliphatic heterocycles. The fraction of sp³-hybridized carbons (Fsp3) is 0.333. The number of ether oxygens (including phenoxy) is 2. The van der Waals surface area contributed by atoms with Crippen LogP contribution in [-0.2, 0) is 21.9 Å². The van der Waals surface area contributed by atoms with Gasteiger partial charge in [-0.2, -0.15) is 0 Å². The highest BCUT2D eigenvalue weighted by Gasteiger charge is 2.27. The number of carbonyl (C=O) groups excluding carboxylic acids is 2. The van der Waals surface area contributed by atoms with Crippen molar-refractivity contribution in [2.45, 2.75) is 36.7 Å². The number of halogens is 1. The number of hydrogen-bond donors (Lipinski definition) is 3. The molecule has 2 aliphatic rings. The van der Waals surface area contributed by atoms with Crippen molar-refractivity contribution in [2.24, 2.45) is 0 Å². The normalized spacial score (nSPS) is 20.0. The molecule has 2 atom stereocenters. The Morgan fingerprint density at radius 3 is 2.73 bits per heavy atom. The molecule has 1 saturated heterocycles. The first-order chi connectivity index (χ1) is 14.5. The molecule has 0 aliphatic carbocycles. The van der Waals surface area contributed by atoms with Crippen molar-refractivity contribution in [2.75, 3.05) is 6.79 Å². The van der Waals surface area contributed by atoms with Crippen molar-refractivity contribution in [1.29, 1.82) is 0 Å². The smallest absolute Gasteiger partial charge is 0.231 e. The zero-order chi connectivity index (χ0) is 20.9. The van der Waals surface area contributed by atoms with Crippen LogP contribution in [0.4, 0.5) is 4.39 Å². The molecule has 2 aromatic carbocycles. The Bertz CT molecular complexity index is 925. The van der Waals surface area contributed by atoms with Crippen LogP contribution in [0.5, 0.6) is 11.5 Å². The van der Waals surface area contributed by atoms with Gasteiger partial charge in [0, 0.05) is 31.2 Å². The number of rotatable bonds is 7. The van der Waals surface area contributed by atoms with E-state index >= 15 is 0 Å². The van der Waals surface area contributed by atoms with E-state index in [1.54, 1.807) is 12.1 Å². The zero-order valence-electron chi connectivity index (χ0n) is 16.2. The lowest BCUT2D eigenvalue weighted by Gasteiger charge is -2.31. The maximum Gasteiger partial charge on any atom is 0.231 e. The molecule has 9 heteroatoms. The highest BCUT2D eigenvalue weighted by Crippen LogP contribution is 2.32. The van der Waals surface area contributed by atoms with Gasteiger partial charge < -0.3 is 20.1 Å².